The van der Waals surface area contributed by atoms with Crippen LogP contribution in [0.1, 0.15) is 15.9 Å². The van der Waals surface area contributed by atoms with Crippen molar-refractivity contribution < 1.29 is 4.79 Å². The van der Waals surface area contributed by atoms with Crippen LogP contribution >= 0.6 is 27.5 Å². The maximum atomic E-state index is 11.9. The van der Waals surface area contributed by atoms with Crippen LogP contribution in [0.5, 0.6) is 0 Å². The van der Waals surface area contributed by atoms with Gasteiger partial charge >= 0.3 is 0 Å². The summed E-state index contributed by atoms with van der Waals surface area (Å²) in [5.41, 5.74) is 7.36. The minimum Gasteiger partial charge on any atom is -0.382 e. The molecule has 2 rings (SSSR count). The summed E-state index contributed by atoms with van der Waals surface area (Å²) in [6.45, 7) is 0.679. The molecule has 1 heterocycles. The van der Waals surface area contributed by atoms with Crippen LogP contribution < -0.4 is 16.0 Å². The number of anilines is 2. The molecule has 2 aromatic rings. The molecule has 1 amide bonds. The molecule has 0 spiro atoms. The number of carbonyl (C=O) groups is 1. The Morgan fingerprint density at radius 2 is 2.10 bits per heavy atom. The smallest absolute Gasteiger partial charge is 0.257 e. The van der Waals surface area contributed by atoms with Crippen molar-refractivity contribution in [1.82, 2.24) is 9.69 Å². The fourth-order valence-corrected chi connectivity index (χ4v) is 2.86. The predicted molar refractivity (Wildman–Crippen MR) is 86.2 cm³/mol. The third-order valence-corrected chi connectivity index (χ3v) is 4.34. The Morgan fingerprint density at radius 1 is 1.45 bits per heavy atom. The minimum absolute atomic E-state index is 0.214. The summed E-state index contributed by atoms with van der Waals surface area (Å²) in [5.74, 6) is 0.0564. The second-order valence-corrected chi connectivity index (χ2v) is 5.98. The van der Waals surface area contributed by atoms with Gasteiger partial charge in [0, 0.05) is 25.1 Å². The maximum Gasteiger partial charge on any atom is 0.257 e. The van der Waals surface area contributed by atoms with Crippen molar-refractivity contribution in [2.45, 2.75) is 6.54 Å². The van der Waals surface area contributed by atoms with Gasteiger partial charge in [-0.05, 0) is 29.2 Å². The summed E-state index contributed by atoms with van der Waals surface area (Å²) >= 11 is 4.64. The van der Waals surface area contributed by atoms with Crippen LogP contribution in [0.15, 0.2) is 28.7 Å². The van der Waals surface area contributed by atoms with Gasteiger partial charge in [0.2, 0.25) is 0 Å². The Morgan fingerprint density at radius 3 is 2.70 bits per heavy atom. The first-order valence-electron chi connectivity index (χ1n) is 5.95. The van der Waals surface area contributed by atoms with Crippen LogP contribution in [0, 0.1) is 0 Å². The van der Waals surface area contributed by atoms with E-state index in [4.69, 9.17) is 5.73 Å². The van der Waals surface area contributed by atoms with Crippen LogP contribution in [-0.2, 0) is 6.54 Å². The summed E-state index contributed by atoms with van der Waals surface area (Å²) in [5, 5.41) is 3.36. The van der Waals surface area contributed by atoms with Gasteiger partial charge in [-0.1, -0.05) is 28.1 Å². The molecule has 3 N–H and O–H groups in total. The number of benzene rings is 1. The van der Waals surface area contributed by atoms with Crippen LogP contribution in [-0.4, -0.2) is 24.4 Å². The van der Waals surface area contributed by atoms with Gasteiger partial charge < -0.3 is 16.0 Å². The molecule has 5 nitrogen and oxygen atoms in total. The molecule has 0 bridgehead atoms. The van der Waals surface area contributed by atoms with E-state index in [0.29, 0.717) is 12.1 Å². The van der Waals surface area contributed by atoms with Crippen molar-refractivity contribution in [3.05, 3.63) is 39.9 Å². The van der Waals surface area contributed by atoms with E-state index in [0.717, 1.165) is 15.0 Å². The first-order chi connectivity index (χ1) is 9.52. The molecule has 0 saturated carbocycles. The molecule has 0 fully saturated rings. The number of nitrogens with one attached hydrogen (secondary N) is 1. The van der Waals surface area contributed by atoms with Crippen LogP contribution in [0.3, 0.4) is 0 Å². The molecule has 1 aromatic carbocycles. The van der Waals surface area contributed by atoms with E-state index >= 15 is 0 Å². The van der Waals surface area contributed by atoms with E-state index in [-0.39, 0.29) is 11.7 Å². The lowest BCUT2D eigenvalue weighted by Crippen LogP contribution is -2.23. The number of amides is 1. The summed E-state index contributed by atoms with van der Waals surface area (Å²) in [6, 6.07) is 8.04. The highest BCUT2D eigenvalue weighted by Crippen LogP contribution is 2.30. The number of nitrogen functional groups attached to an aromatic ring is 1. The lowest BCUT2D eigenvalue weighted by atomic mass is 10.2. The van der Waals surface area contributed by atoms with E-state index in [1.165, 1.54) is 11.5 Å². The first kappa shape index (κ1) is 14.8. The average Bonchev–Trinajstić information content (AvgIpc) is 2.82. The van der Waals surface area contributed by atoms with Gasteiger partial charge in [-0.3, -0.25) is 4.79 Å². The highest BCUT2D eigenvalue weighted by atomic mass is 79.9. The van der Waals surface area contributed by atoms with Crippen molar-refractivity contribution in [2.24, 2.45) is 0 Å². The number of nitrogens with two attached hydrogens (primary N) is 1. The molecule has 0 atom stereocenters. The van der Waals surface area contributed by atoms with Gasteiger partial charge in [-0.15, -0.1) is 0 Å². The molecule has 0 aliphatic heterocycles. The van der Waals surface area contributed by atoms with Crippen molar-refractivity contribution >= 4 is 44.2 Å². The lowest BCUT2D eigenvalue weighted by molar-refractivity contribution is 0.0964. The third-order valence-electron chi connectivity index (χ3n) is 2.83. The van der Waals surface area contributed by atoms with Gasteiger partial charge in [-0.2, -0.15) is 4.37 Å². The Labute approximate surface area is 130 Å². The molecule has 20 heavy (non-hydrogen) atoms. The SMILES string of the molecule is CNC(=O)c1c(N)nsc1N(C)Cc1ccc(Br)cc1. The highest BCUT2D eigenvalue weighted by molar-refractivity contribution is 9.10. The van der Waals surface area contributed by atoms with Gasteiger partial charge in [-0.25, -0.2) is 0 Å². The number of rotatable bonds is 4. The summed E-state index contributed by atoms with van der Waals surface area (Å²) in [7, 11) is 3.50. The summed E-state index contributed by atoms with van der Waals surface area (Å²) in [4.78, 5) is 13.8. The molecular formula is C13H15BrN4OS. The van der Waals surface area contributed by atoms with E-state index < -0.39 is 0 Å². The largest absolute Gasteiger partial charge is 0.382 e. The molecule has 106 valence electrons. The molecule has 0 saturated heterocycles. The van der Waals surface area contributed by atoms with Crippen molar-refractivity contribution in [3.63, 3.8) is 0 Å². The number of hydrogen-bond donors (Lipinski definition) is 2. The zero-order valence-electron chi connectivity index (χ0n) is 11.2. The second-order valence-electron chi connectivity index (χ2n) is 4.31. The molecule has 0 aliphatic rings. The van der Waals surface area contributed by atoms with Crippen LogP contribution in [0.25, 0.3) is 0 Å². The van der Waals surface area contributed by atoms with Gasteiger partial charge in [0.1, 0.15) is 10.6 Å². The van der Waals surface area contributed by atoms with Gasteiger partial charge in [0.05, 0.1) is 0 Å². The number of hydrogen-bond acceptors (Lipinski definition) is 5. The Balaban J connectivity index is 2.23. The molecule has 0 unspecified atom stereocenters. The Hall–Kier alpha value is -1.60. The minimum atomic E-state index is -0.214. The van der Waals surface area contributed by atoms with Gasteiger partial charge in [0.25, 0.3) is 5.91 Å². The second kappa shape index (κ2) is 6.23. The summed E-state index contributed by atoms with van der Waals surface area (Å²) in [6.07, 6.45) is 0. The van der Waals surface area contributed by atoms with Gasteiger partial charge in [0.15, 0.2) is 5.82 Å². The zero-order valence-corrected chi connectivity index (χ0v) is 13.6. The van der Waals surface area contributed by atoms with Crippen LogP contribution in [0.4, 0.5) is 10.8 Å². The first-order valence-corrected chi connectivity index (χ1v) is 7.52. The van der Waals surface area contributed by atoms with Crippen LogP contribution in [0.2, 0.25) is 0 Å². The van der Waals surface area contributed by atoms with E-state index in [1.807, 2.05) is 36.2 Å². The molecule has 7 heteroatoms. The standard InChI is InChI=1S/C13H15BrN4OS/c1-16-12(19)10-11(15)17-20-13(10)18(2)7-8-3-5-9(14)6-4-8/h3-6H,7H2,1-2H3,(H2,15,17)(H,16,19). The summed E-state index contributed by atoms with van der Waals surface area (Å²) < 4.78 is 5.11. The average molecular weight is 355 g/mol. The molecule has 0 radical (unpaired) electrons. The normalized spacial score (nSPS) is 10.3. The topological polar surface area (TPSA) is 71.2 Å². The fraction of sp³-hybridized carbons (Fsp3) is 0.231. The van der Waals surface area contributed by atoms with E-state index in [9.17, 15) is 4.79 Å². The molecule has 0 aliphatic carbocycles. The molecular weight excluding hydrogens is 340 g/mol. The van der Waals surface area contributed by atoms with Crippen molar-refractivity contribution in [3.8, 4) is 0 Å². The zero-order chi connectivity index (χ0) is 14.7. The number of nitrogens with zero attached hydrogens (tertiary/aromatic N) is 2. The van der Waals surface area contributed by atoms with E-state index in [1.54, 1.807) is 7.05 Å². The lowest BCUT2D eigenvalue weighted by Gasteiger charge is -2.18. The number of carbonyl (C=O) groups excluding carboxylic acids is 1. The van der Waals surface area contributed by atoms with Crippen molar-refractivity contribution in [2.75, 3.05) is 24.7 Å². The van der Waals surface area contributed by atoms with Crippen molar-refractivity contribution in [1.29, 1.82) is 0 Å². The monoisotopic (exact) mass is 354 g/mol. The predicted octanol–water partition coefficient (Wildman–Crippen LogP) is 2.48. The highest BCUT2D eigenvalue weighted by Gasteiger charge is 2.21. The molecule has 1 aromatic heterocycles. The Bertz CT molecular complexity index is 611. The third kappa shape index (κ3) is 3.10. The quantitative estimate of drug-likeness (QED) is 0.884. The fourth-order valence-electron chi connectivity index (χ4n) is 1.83. The van der Waals surface area contributed by atoms with E-state index in [2.05, 4.69) is 25.6 Å². The maximum absolute atomic E-state index is 11.9. The Kier molecular flexibility index (Phi) is 4.61. The number of halogens is 1. The number of aromatic nitrogens is 1.